The van der Waals surface area contributed by atoms with E-state index in [2.05, 4.69) is 28.8 Å². The second-order valence-electron chi connectivity index (χ2n) is 7.02. The molecule has 1 fully saturated rings. The lowest BCUT2D eigenvalue weighted by Gasteiger charge is -2.35. The molecule has 5 nitrogen and oxygen atoms in total. The van der Waals surface area contributed by atoms with Crippen molar-refractivity contribution in [2.75, 3.05) is 11.9 Å². The van der Waals surface area contributed by atoms with Crippen molar-refractivity contribution < 1.29 is 0 Å². The Hall–Kier alpha value is -1.52. The minimum atomic E-state index is 0.494. The highest BCUT2D eigenvalue weighted by atomic mass is 15.5. The van der Waals surface area contributed by atoms with Gasteiger partial charge in [0, 0.05) is 13.5 Å². The Balaban J connectivity index is 1.55. The highest BCUT2D eigenvalue weighted by molar-refractivity contribution is 6.00. The summed E-state index contributed by atoms with van der Waals surface area (Å²) in [7, 11) is 2.15. The van der Waals surface area contributed by atoms with E-state index >= 15 is 0 Å². The predicted octanol–water partition coefficient (Wildman–Crippen LogP) is 3.08. The van der Waals surface area contributed by atoms with E-state index in [9.17, 15) is 0 Å². The zero-order valence-corrected chi connectivity index (χ0v) is 13.8. The van der Waals surface area contributed by atoms with E-state index in [1.807, 2.05) is 0 Å². The Morgan fingerprint density at radius 2 is 2.14 bits per heavy atom. The van der Waals surface area contributed by atoms with Gasteiger partial charge in [-0.25, -0.2) is 9.98 Å². The Labute approximate surface area is 132 Å². The van der Waals surface area contributed by atoms with Gasteiger partial charge in [-0.15, -0.1) is 0 Å². The topological polar surface area (TPSA) is 47.5 Å². The van der Waals surface area contributed by atoms with Gasteiger partial charge in [0.25, 0.3) is 0 Å². The van der Waals surface area contributed by atoms with Gasteiger partial charge in [0.1, 0.15) is 5.82 Å². The molecule has 1 N–H and O–H groups in total. The number of fused-ring (bicyclic) bond motifs is 5. The third-order valence-electron chi connectivity index (χ3n) is 5.31. The lowest BCUT2D eigenvalue weighted by molar-refractivity contribution is 0.468. The number of anilines is 1. The van der Waals surface area contributed by atoms with Gasteiger partial charge in [-0.1, -0.05) is 26.2 Å². The number of nitrogens with zero attached hydrogens (tertiary/aromatic N) is 4. The molecule has 1 aromatic rings. The number of hydrogen-bond acceptors (Lipinski definition) is 4. The second-order valence-corrected chi connectivity index (χ2v) is 7.02. The van der Waals surface area contributed by atoms with E-state index in [-0.39, 0.29) is 0 Å². The van der Waals surface area contributed by atoms with Crippen molar-refractivity contribution in [2.45, 2.75) is 76.9 Å². The summed E-state index contributed by atoms with van der Waals surface area (Å²) in [6, 6.07) is 1.04. The zero-order chi connectivity index (χ0) is 15.1. The van der Waals surface area contributed by atoms with Gasteiger partial charge in [0.15, 0.2) is 5.82 Å². The summed E-state index contributed by atoms with van der Waals surface area (Å²) in [5.74, 6) is 3.47. The smallest absolute Gasteiger partial charge is 0.203 e. The van der Waals surface area contributed by atoms with Crippen LogP contribution in [0.5, 0.6) is 0 Å². The van der Waals surface area contributed by atoms with Gasteiger partial charge in [-0.3, -0.25) is 4.90 Å². The summed E-state index contributed by atoms with van der Waals surface area (Å²) in [5.41, 5.74) is 1.28. The molecule has 0 amide bonds. The summed E-state index contributed by atoms with van der Waals surface area (Å²) in [6.07, 6.45) is 10.0. The number of H-pyrrole nitrogens is 1. The SMILES string of the molecule is CCCCCCc1nc2c([nH]1)CN(C)C1=N[C@H]3CCC[C@H]3N12. The van der Waals surface area contributed by atoms with Crippen LogP contribution in [-0.4, -0.2) is 40.0 Å². The minimum absolute atomic E-state index is 0.494. The highest BCUT2D eigenvalue weighted by Gasteiger charge is 2.45. The fourth-order valence-electron chi connectivity index (χ4n) is 4.17. The van der Waals surface area contributed by atoms with E-state index in [4.69, 9.17) is 9.98 Å². The quantitative estimate of drug-likeness (QED) is 0.850. The molecular weight excluding hydrogens is 274 g/mol. The van der Waals surface area contributed by atoms with Crippen LogP contribution in [0.4, 0.5) is 5.82 Å². The van der Waals surface area contributed by atoms with Gasteiger partial charge in [-0.05, 0) is 25.7 Å². The van der Waals surface area contributed by atoms with Crippen LogP contribution >= 0.6 is 0 Å². The highest BCUT2D eigenvalue weighted by Crippen LogP contribution is 2.39. The van der Waals surface area contributed by atoms with Crippen LogP contribution in [0.25, 0.3) is 0 Å². The fourth-order valence-corrected chi connectivity index (χ4v) is 4.17. The standard InChI is InChI=1S/C17H27N5/c1-3-4-5-6-10-15-18-13-11-21(2)17-19-12-8-7-9-14(12)22(17)16(13)20-15/h12,14H,3-11H2,1-2H3,(H,18,20)/t12-,14+/m0/s1. The normalized spacial score (nSPS) is 26.0. The van der Waals surface area contributed by atoms with Crippen molar-refractivity contribution in [3.63, 3.8) is 0 Å². The molecule has 0 spiro atoms. The van der Waals surface area contributed by atoms with E-state index < -0.39 is 0 Å². The number of guanidine groups is 1. The molecule has 1 aromatic heterocycles. The first kappa shape index (κ1) is 14.1. The third kappa shape index (κ3) is 2.22. The summed E-state index contributed by atoms with van der Waals surface area (Å²) in [4.78, 5) is 18.2. The van der Waals surface area contributed by atoms with E-state index in [1.165, 1.54) is 50.6 Å². The number of nitrogens with one attached hydrogen (secondary N) is 1. The van der Waals surface area contributed by atoms with Crippen LogP contribution in [0.1, 0.15) is 63.4 Å². The van der Waals surface area contributed by atoms with Crippen molar-refractivity contribution in [2.24, 2.45) is 4.99 Å². The number of imidazole rings is 1. The number of aryl methyl sites for hydroxylation is 1. The summed E-state index contributed by atoms with van der Waals surface area (Å²) in [5, 5.41) is 0. The van der Waals surface area contributed by atoms with Crippen molar-refractivity contribution in [3.8, 4) is 0 Å². The van der Waals surface area contributed by atoms with Gasteiger partial charge in [0.05, 0.1) is 24.3 Å². The molecule has 0 saturated heterocycles. The summed E-state index contributed by atoms with van der Waals surface area (Å²) < 4.78 is 0. The molecular formula is C17H27N5. The molecule has 1 saturated carbocycles. The molecule has 22 heavy (non-hydrogen) atoms. The Morgan fingerprint density at radius 1 is 1.23 bits per heavy atom. The number of rotatable bonds is 5. The maximum Gasteiger partial charge on any atom is 0.203 e. The van der Waals surface area contributed by atoms with E-state index in [0.29, 0.717) is 12.1 Å². The van der Waals surface area contributed by atoms with Crippen LogP contribution in [0.15, 0.2) is 4.99 Å². The summed E-state index contributed by atoms with van der Waals surface area (Å²) in [6.45, 7) is 3.17. The van der Waals surface area contributed by atoms with Crippen LogP contribution in [0, 0.1) is 0 Å². The van der Waals surface area contributed by atoms with E-state index in [0.717, 1.165) is 30.6 Å². The Morgan fingerprint density at radius 3 is 3.00 bits per heavy atom. The number of hydrogen-bond donors (Lipinski definition) is 1. The fraction of sp³-hybridized carbons (Fsp3) is 0.765. The average molecular weight is 301 g/mol. The number of aromatic nitrogens is 2. The molecule has 3 aliphatic rings. The molecule has 3 heterocycles. The van der Waals surface area contributed by atoms with Crippen molar-refractivity contribution in [3.05, 3.63) is 11.5 Å². The monoisotopic (exact) mass is 301 g/mol. The first-order chi connectivity index (χ1) is 10.8. The first-order valence-electron chi connectivity index (χ1n) is 8.94. The van der Waals surface area contributed by atoms with Crippen LogP contribution in [0.3, 0.4) is 0 Å². The molecule has 1 aliphatic carbocycles. The van der Waals surface area contributed by atoms with Crippen molar-refractivity contribution in [1.82, 2.24) is 14.9 Å². The second kappa shape index (κ2) is 5.60. The van der Waals surface area contributed by atoms with Crippen molar-refractivity contribution in [1.29, 1.82) is 0 Å². The lowest BCUT2D eigenvalue weighted by atomic mass is 10.1. The van der Waals surface area contributed by atoms with E-state index in [1.54, 1.807) is 0 Å². The zero-order valence-electron chi connectivity index (χ0n) is 13.8. The van der Waals surface area contributed by atoms with Gasteiger partial charge >= 0.3 is 0 Å². The maximum absolute atomic E-state index is 4.96. The molecule has 5 heteroatoms. The number of aliphatic imine (C=N–C) groups is 1. The first-order valence-corrected chi connectivity index (χ1v) is 8.94. The van der Waals surface area contributed by atoms with Gasteiger partial charge in [-0.2, -0.15) is 0 Å². The molecule has 120 valence electrons. The predicted molar refractivity (Wildman–Crippen MR) is 89.2 cm³/mol. The van der Waals surface area contributed by atoms with Gasteiger partial charge < -0.3 is 9.88 Å². The van der Waals surface area contributed by atoms with Crippen LogP contribution < -0.4 is 4.90 Å². The van der Waals surface area contributed by atoms with Gasteiger partial charge in [0.2, 0.25) is 5.96 Å². The van der Waals surface area contributed by atoms with Crippen LogP contribution in [-0.2, 0) is 13.0 Å². The van der Waals surface area contributed by atoms with Crippen LogP contribution in [0.2, 0.25) is 0 Å². The van der Waals surface area contributed by atoms with Crippen molar-refractivity contribution >= 4 is 11.8 Å². The molecule has 2 aliphatic heterocycles. The Bertz CT molecular complexity index is 576. The number of aromatic amines is 1. The molecule has 0 radical (unpaired) electrons. The average Bonchev–Trinajstić information content (AvgIpc) is 3.16. The molecule has 0 unspecified atom stereocenters. The summed E-state index contributed by atoms with van der Waals surface area (Å²) >= 11 is 0. The number of unbranched alkanes of at least 4 members (excludes halogenated alkanes) is 3. The Kier molecular flexibility index (Phi) is 3.59. The largest absolute Gasteiger partial charge is 0.343 e. The molecule has 0 bridgehead atoms. The molecule has 2 atom stereocenters. The molecule has 4 rings (SSSR count). The third-order valence-corrected chi connectivity index (χ3v) is 5.31. The molecule has 0 aromatic carbocycles. The minimum Gasteiger partial charge on any atom is -0.343 e. The maximum atomic E-state index is 4.96. The lowest BCUT2D eigenvalue weighted by Crippen LogP contribution is -2.48.